The summed E-state index contributed by atoms with van der Waals surface area (Å²) >= 11 is 6.32. The number of ether oxygens (including phenoxy) is 2. The lowest BCUT2D eigenvalue weighted by Crippen LogP contribution is -2.48. The number of hydrogen-bond donors (Lipinski definition) is 0. The molecule has 0 radical (unpaired) electrons. The van der Waals surface area contributed by atoms with E-state index in [0.717, 1.165) is 18.4 Å². The first-order chi connectivity index (χ1) is 12.6. The molecule has 1 atom stereocenters. The van der Waals surface area contributed by atoms with E-state index in [-0.39, 0.29) is 18.1 Å². The minimum Gasteiger partial charge on any atom is -0.468 e. The van der Waals surface area contributed by atoms with Crippen LogP contribution in [-0.2, 0) is 14.3 Å². The number of hydrogen-bond acceptors (Lipinski definition) is 5. The summed E-state index contributed by atoms with van der Waals surface area (Å²) in [6, 6.07) is 6.85. The predicted molar refractivity (Wildman–Crippen MR) is 105 cm³/mol. The van der Waals surface area contributed by atoms with Crippen molar-refractivity contribution in [2.75, 3.05) is 27.2 Å². The Morgan fingerprint density at radius 2 is 1.81 bits per heavy atom. The maximum atomic E-state index is 12.4. The lowest BCUT2D eigenvalue weighted by Gasteiger charge is -2.39. The second-order valence-electron chi connectivity index (χ2n) is 7.81. The Morgan fingerprint density at radius 3 is 2.33 bits per heavy atom. The Labute approximate surface area is 166 Å². The minimum absolute atomic E-state index is 0.0700. The molecule has 0 aromatic heterocycles. The van der Waals surface area contributed by atoms with Crippen molar-refractivity contribution in [3.05, 3.63) is 34.9 Å². The van der Waals surface area contributed by atoms with Crippen molar-refractivity contribution in [3.8, 4) is 0 Å². The van der Waals surface area contributed by atoms with E-state index in [1.165, 1.54) is 7.11 Å². The molecule has 0 bridgehead atoms. The molecule has 1 amide bonds. The summed E-state index contributed by atoms with van der Waals surface area (Å²) in [6.07, 6.45) is 1.16. The molecule has 1 fully saturated rings. The van der Waals surface area contributed by atoms with Gasteiger partial charge in [-0.25, -0.2) is 9.59 Å². The Kier molecular flexibility index (Phi) is 7.12. The zero-order chi connectivity index (χ0) is 20.2. The largest absolute Gasteiger partial charge is 0.468 e. The van der Waals surface area contributed by atoms with E-state index < -0.39 is 11.6 Å². The van der Waals surface area contributed by atoms with Crippen LogP contribution in [-0.4, -0.2) is 60.8 Å². The van der Waals surface area contributed by atoms with Gasteiger partial charge >= 0.3 is 12.1 Å². The Balaban J connectivity index is 2.07. The van der Waals surface area contributed by atoms with Crippen molar-refractivity contribution < 1.29 is 19.1 Å². The van der Waals surface area contributed by atoms with Gasteiger partial charge in [0.05, 0.1) is 7.11 Å². The van der Waals surface area contributed by atoms with Gasteiger partial charge in [0.15, 0.2) is 0 Å². The van der Waals surface area contributed by atoms with Crippen molar-refractivity contribution in [3.63, 3.8) is 0 Å². The summed E-state index contributed by atoms with van der Waals surface area (Å²) in [4.78, 5) is 28.4. The normalized spacial score (nSPS) is 17.3. The molecule has 1 heterocycles. The van der Waals surface area contributed by atoms with E-state index in [4.69, 9.17) is 21.1 Å². The molecule has 1 aromatic carbocycles. The zero-order valence-corrected chi connectivity index (χ0v) is 17.5. The van der Waals surface area contributed by atoms with Crippen LogP contribution in [0.4, 0.5) is 4.79 Å². The summed E-state index contributed by atoms with van der Waals surface area (Å²) in [5.74, 6) is -0.331. The van der Waals surface area contributed by atoms with Gasteiger partial charge in [-0.05, 0) is 45.2 Å². The van der Waals surface area contributed by atoms with Crippen molar-refractivity contribution in [2.24, 2.45) is 0 Å². The van der Waals surface area contributed by atoms with Gasteiger partial charge in [-0.2, -0.15) is 0 Å². The van der Waals surface area contributed by atoms with Crippen molar-refractivity contribution in [1.29, 1.82) is 0 Å². The smallest absolute Gasteiger partial charge is 0.410 e. The van der Waals surface area contributed by atoms with E-state index in [9.17, 15) is 9.59 Å². The fourth-order valence-electron chi connectivity index (χ4n) is 3.30. The number of carbonyl (C=O) groups is 2. The quantitative estimate of drug-likeness (QED) is 0.722. The molecule has 150 valence electrons. The molecule has 0 saturated carbocycles. The van der Waals surface area contributed by atoms with Crippen molar-refractivity contribution >= 4 is 23.7 Å². The fraction of sp³-hybridized carbons (Fsp3) is 0.600. The van der Waals surface area contributed by atoms with Crippen LogP contribution in [0.1, 0.15) is 45.2 Å². The number of methoxy groups -OCH3 is 1. The van der Waals surface area contributed by atoms with Gasteiger partial charge in [-0.3, -0.25) is 4.90 Å². The Morgan fingerprint density at radius 1 is 1.22 bits per heavy atom. The van der Waals surface area contributed by atoms with Crippen LogP contribution in [0.15, 0.2) is 24.3 Å². The second kappa shape index (κ2) is 8.93. The standard InChI is InChI=1S/C20H29ClN2O4/c1-20(2,3)27-19(25)22(4)14-10-12-23(13-11-14)17(18(24)26-5)15-8-6-7-9-16(15)21/h6-9,14,17H,10-13H2,1-5H3. The van der Waals surface area contributed by atoms with Gasteiger partial charge < -0.3 is 14.4 Å². The van der Waals surface area contributed by atoms with Gasteiger partial charge in [0.25, 0.3) is 0 Å². The third kappa shape index (κ3) is 5.59. The molecule has 0 spiro atoms. The molecule has 1 aliphatic rings. The molecule has 7 heteroatoms. The maximum absolute atomic E-state index is 12.4. The highest BCUT2D eigenvalue weighted by Crippen LogP contribution is 2.31. The minimum atomic E-state index is -0.545. The molecule has 0 N–H and O–H groups in total. The monoisotopic (exact) mass is 396 g/mol. The SMILES string of the molecule is COC(=O)C(c1ccccc1Cl)N1CCC(N(C)C(=O)OC(C)(C)C)CC1. The predicted octanol–water partition coefficient (Wildman–Crippen LogP) is 3.89. The number of halogens is 1. The van der Waals surface area contributed by atoms with Crippen LogP contribution in [0.2, 0.25) is 5.02 Å². The van der Waals surface area contributed by atoms with E-state index >= 15 is 0 Å². The molecular formula is C20H29ClN2O4. The fourth-order valence-corrected chi connectivity index (χ4v) is 3.53. The number of benzene rings is 1. The molecule has 1 saturated heterocycles. The average Bonchev–Trinajstić information content (AvgIpc) is 2.62. The Bertz CT molecular complexity index is 666. The number of piperidine rings is 1. The third-order valence-corrected chi connectivity index (χ3v) is 5.06. The lowest BCUT2D eigenvalue weighted by molar-refractivity contribution is -0.148. The molecule has 0 aliphatic carbocycles. The molecule has 1 unspecified atom stereocenters. The van der Waals surface area contributed by atoms with E-state index in [0.29, 0.717) is 18.1 Å². The molecule has 27 heavy (non-hydrogen) atoms. The average molecular weight is 397 g/mol. The van der Waals surface area contributed by atoms with Gasteiger partial charge in [-0.15, -0.1) is 0 Å². The van der Waals surface area contributed by atoms with E-state index in [1.807, 2.05) is 39.0 Å². The molecule has 2 rings (SSSR count). The summed E-state index contributed by atoms with van der Waals surface area (Å²) in [7, 11) is 3.15. The molecule has 1 aliphatic heterocycles. The molecule has 1 aromatic rings. The number of carbonyl (C=O) groups excluding carboxylic acids is 2. The van der Waals surface area contributed by atoms with Crippen molar-refractivity contribution in [1.82, 2.24) is 9.80 Å². The van der Waals surface area contributed by atoms with Crippen LogP contribution in [0, 0.1) is 0 Å². The summed E-state index contributed by atoms with van der Waals surface area (Å²) in [5.41, 5.74) is 0.219. The second-order valence-corrected chi connectivity index (χ2v) is 8.21. The zero-order valence-electron chi connectivity index (χ0n) is 16.7. The van der Waals surface area contributed by atoms with Gasteiger partial charge in [0, 0.05) is 31.2 Å². The number of likely N-dealkylation sites (tertiary alicyclic amines) is 1. The molecular weight excluding hydrogens is 368 g/mol. The summed E-state index contributed by atoms with van der Waals surface area (Å²) < 4.78 is 10.5. The number of rotatable bonds is 4. The summed E-state index contributed by atoms with van der Waals surface area (Å²) in [6.45, 7) is 6.87. The van der Waals surface area contributed by atoms with Crippen LogP contribution < -0.4 is 0 Å². The maximum Gasteiger partial charge on any atom is 0.410 e. The highest BCUT2D eigenvalue weighted by atomic mass is 35.5. The number of amides is 1. The summed E-state index contributed by atoms with van der Waals surface area (Å²) in [5, 5.41) is 0.542. The first-order valence-corrected chi connectivity index (χ1v) is 9.54. The van der Waals surface area contributed by atoms with Crippen molar-refractivity contribution in [2.45, 2.75) is 51.3 Å². The van der Waals surface area contributed by atoms with Gasteiger partial charge in [0.2, 0.25) is 0 Å². The number of nitrogens with zero attached hydrogens (tertiary/aromatic N) is 2. The third-order valence-electron chi connectivity index (χ3n) is 4.72. The Hall–Kier alpha value is -1.79. The number of esters is 1. The van der Waals surface area contributed by atoms with Crippen LogP contribution in [0.5, 0.6) is 0 Å². The van der Waals surface area contributed by atoms with E-state index in [1.54, 1.807) is 18.0 Å². The highest BCUT2D eigenvalue weighted by Gasteiger charge is 2.35. The van der Waals surface area contributed by atoms with Crippen LogP contribution in [0.3, 0.4) is 0 Å². The van der Waals surface area contributed by atoms with Crippen LogP contribution in [0.25, 0.3) is 0 Å². The molecule has 6 nitrogen and oxygen atoms in total. The first kappa shape index (κ1) is 21.5. The first-order valence-electron chi connectivity index (χ1n) is 9.16. The van der Waals surface area contributed by atoms with Gasteiger partial charge in [0.1, 0.15) is 11.6 Å². The topological polar surface area (TPSA) is 59.1 Å². The lowest BCUT2D eigenvalue weighted by atomic mass is 9.98. The van der Waals surface area contributed by atoms with E-state index in [2.05, 4.69) is 4.90 Å². The van der Waals surface area contributed by atoms with Gasteiger partial charge in [-0.1, -0.05) is 29.8 Å². The highest BCUT2D eigenvalue weighted by molar-refractivity contribution is 6.31. The van der Waals surface area contributed by atoms with Crippen LogP contribution >= 0.6 is 11.6 Å².